The highest BCUT2D eigenvalue weighted by Gasteiger charge is 2.38. The van der Waals surface area contributed by atoms with Crippen LogP contribution in [0.2, 0.25) is 0 Å². The average molecular weight is 1350 g/mol. The van der Waals surface area contributed by atoms with Crippen LogP contribution < -0.4 is 81.4 Å². The maximum Gasteiger partial charge on any atom is 0.322 e. The molecule has 1 aromatic rings. The third kappa shape index (κ3) is 32.5. The van der Waals surface area contributed by atoms with Gasteiger partial charge in [0.1, 0.15) is 72.7 Å². The van der Waals surface area contributed by atoms with Crippen LogP contribution in [0.15, 0.2) is 24.3 Å². The summed E-state index contributed by atoms with van der Waals surface area (Å²) in [5.41, 5.74) is 23.1. The molecule has 0 fully saturated rings. The molecule has 24 N–H and O–H groups in total. The number of aromatic hydroxyl groups is 1. The SMILES string of the molecule is CC[C@H](C)[C@H](NC(=O)[C@H](CC(C)C)NC(=O)[C@H](CCC(=O)O)NC(=O)[C@H](CC(N)=O)NC(=O)[C@H](C)NC(=O)[C@H](CCCCN)NC(=O)[C@H](CO)NC(=O)[C@@H](N)C(C)C)C(=O)N[C@@H](CCC(=O)O)C(=O)N[C@@H](CCCCN)C(=O)N[C@@H](Cc1ccc(O)cc1)C(=O)NCC(=O)O. The largest absolute Gasteiger partial charge is 0.508 e. The first-order chi connectivity index (χ1) is 44.6. The van der Waals surface area contributed by atoms with Crippen molar-refractivity contribution in [3.63, 3.8) is 0 Å². The minimum absolute atomic E-state index is 0.0421. The number of phenols is 1. The number of hydrogen-bond donors (Lipinski definition) is 20. The van der Waals surface area contributed by atoms with Crippen LogP contribution in [-0.4, -0.2) is 207 Å². The molecule has 0 bridgehead atoms. The molecular formula is C60H99N15O20. The van der Waals surface area contributed by atoms with Crippen molar-refractivity contribution in [2.45, 2.75) is 205 Å². The third-order valence-electron chi connectivity index (χ3n) is 14.9. The van der Waals surface area contributed by atoms with Gasteiger partial charge in [-0.15, -0.1) is 0 Å². The Morgan fingerprint density at radius 3 is 1.31 bits per heavy atom. The molecule has 0 spiro atoms. The summed E-state index contributed by atoms with van der Waals surface area (Å²) in [7, 11) is 0. The zero-order valence-corrected chi connectivity index (χ0v) is 54.8. The fourth-order valence-electron chi connectivity index (χ4n) is 9.09. The summed E-state index contributed by atoms with van der Waals surface area (Å²) in [5.74, 6) is -18.1. The Bertz CT molecular complexity index is 2770. The normalized spacial score (nSPS) is 14.9. The summed E-state index contributed by atoms with van der Waals surface area (Å²) < 4.78 is 0. The molecule has 35 heteroatoms. The number of amides is 12. The van der Waals surface area contributed by atoms with Crippen molar-refractivity contribution in [1.29, 1.82) is 0 Å². The van der Waals surface area contributed by atoms with Crippen molar-refractivity contribution in [3.05, 3.63) is 29.8 Å². The van der Waals surface area contributed by atoms with Crippen LogP contribution in [0.25, 0.3) is 0 Å². The zero-order valence-electron chi connectivity index (χ0n) is 54.8. The number of carboxylic acid groups (broad SMARTS) is 3. The number of carbonyl (C=O) groups excluding carboxylic acids is 12. The molecule has 1 rings (SSSR count). The third-order valence-corrected chi connectivity index (χ3v) is 14.9. The van der Waals surface area contributed by atoms with Gasteiger partial charge in [0.15, 0.2) is 0 Å². The van der Waals surface area contributed by atoms with Crippen molar-refractivity contribution in [2.24, 2.45) is 40.7 Å². The number of benzene rings is 1. The lowest BCUT2D eigenvalue weighted by molar-refractivity contribution is -0.140. The summed E-state index contributed by atoms with van der Waals surface area (Å²) in [6.07, 6.45) is -2.67. The Labute approximate surface area is 550 Å². The van der Waals surface area contributed by atoms with E-state index in [2.05, 4.69) is 58.5 Å². The number of hydrogen-bond acceptors (Lipinski definition) is 20. The van der Waals surface area contributed by atoms with E-state index in [0.717, 1.165) is 0 Å². The van der Waals surface area contributed by atoms with Gasteiger partial charge in [-0.05, 0) is 113 Å². The van der Waals surface area contributed by atoms with Crippen LogP contribution in [0.1, 0.15) is 138 Å². The molecule has 0 aliphatic heterocycles. The number of carboxylic acids is 3. The molecular weight excluding hydrogens is 1250 g/mol. The van der Waals surface area contributed by atoms with Gasteiger partial charge >= 0.3 is 17.9 Å². The van der Waals surface area contributed by atoms with Gasteiger partial charge in [0.2, 0.25) is 70.9 Å². The first-order valence-electron chi connectivity index (χ1n) is 31.4. The van der Waals surface area contributed by atoms with Crippen molar-refractivity contribution < 1.29 is 97.5 Å². The first kappa shape index (κ1) is 83.9. The summed E-state index contributed by atoms with van der Waals surface area (Å²) >= 11 is 0. The molecule has 0 aromatic heterocycles. The maximum absolute atomic E-state index is 14.4. The number of aliphatic hydroxyl groups is 1. The lowest BCUT2D eigenvalue weighted by atomic mass is 9.96. The zero-order chi connectivity index (χ0) is 72.2. The second-order valence-corrected chi connectivity index (χ2v) is 23.8. The summed E-state index contributed by atoms with van der Waals surface area (Å²) in [4.78, 5) is 199. The number of nitrogens with two attached hydrogens (primary N) is 4. The molecule has 534 valence electrons. The second kappa shape index (κ2) is 43.7. The highest BCUT2D eigenvalue weighted by atomic mass is 16.4. The quantitative estimate of drug-likeness (QED) is 0.0272. The smallest absolute Gasteiger partial charge is 0.322 e. The molecule has 0 saturated carbocycles. The summed E-state index contributed by atoms with van der Waals surface area (Å²) in [5, 5.41) is 74.7. The van der Waals surface area contributed by atoms with E-state index >= 15 is 0 Å². The molecule has 0 aliphatic carbocycles. The van der Waals surface area contributed by atoms with Gasteiger partial charge in [0.05, 0.1) is 19.1 Å². The molecule has 12 atom stereocenters. The molecule has 1 aromatic carbocycles. The lowest BCUT2D eigenvalue weighted by Gasteiger charge is -2.30. The van der Waals surface area contributed by atoms with Crippen LogP contribution in [0.5, 0.6) is 5.75 Å². The van der Waals surface area contributed by atoms with Gasteiger partial charge in [-0.25, -0.2) is 0 Å². The van der Waals surface area contributed by atoms with E-state index in [9.17, 15) is 97.5 Å². The van der Waals surface area contributed by atoms with Gasteiger partial charge in [-0.2, -0.15) is 0 Å². The summed E-state index contributed by atoms with van der Waals surface area (Å²) in [6.45, 7) is 9.67. The number of nitrogens with one attached hydrogen (secondary N) is 11. The predicted octanol–water partition coefficient (Wildman–Crippen LogP) is -5.07. The highest BCUT2D eigenvalue weighted by molar-refractivity contribution is 6.00. The van der Waals surface area contributed by atoms with Crippen molar-refractivity contribution in [2.75, 3.05) is 26.2 Å². The van der Waals surface area contributed by atoms with E-state index in [1.54, 1.807) is 41.5 Å². The average Bonchev–Trinajstić information content (AvgIpc) is 0.890. The van der Waals surface area contributed by atoms with E-state index in [-0.39, 0.29) is 69.7 Å². The predicted molar refractivity (Wildman–Crippen MR) is 340 cm³/mol. The number of primary amides is 1. The minimum atomic E-state index is -1.89. The first-order valence-corrected chi connectivity index (χ1v) is 31.4. The van der Waals surface area contributed by atoms with Gasteiger partial charge in [-0.1, -0.05) is 60.1 Å². The topological polar surface area (TPSA) is 594 Å². The van der Waals surface area contributed by atoms with E-state index < -0.39 is 212 Å². The van der Waals surface area contributed by atoms with Gasteiger partial charge < -0.3 is 107 Å². The number of aliphatic carboxylic acids is 3. The number of carbonyl (C=O) groups is 15. The van der Waals surface area contributed by atoms with Crippen LogP contribution in [0.3, 0.4) is 0 Å². The van der Waals surface area contributed by atoms with Gasteiger partial charge in [-0.3, -0.25) is 71.9 Å². The van der Waals surface area contributed by atoms with E-state index in [0.29, 0.717) is 18.4 Å². The van der Waals surface area contributed by atoms with Crippen LogP contribution in [0.4, 0.5) is 0 Å². The fourth-order valence-corrected chi connectivity index (χ4v) is 9.09. The van der Waals surface area contributed by atoms with Gasteiger partial charge in [0, 0.05) is 19.3 Å². The van der Waals surface area contributed by atoms with Crippen LogP contribution >= 0.6 is 0 Å². The molecule has 12 amide bonds. The van der Waals surface area contributed by atoms with E-state index in [1.165, 1.54) is 31.2 Å². The highest BCUT2D eigenvalue weighted by Crippen LogP contribution is 2.16. The monoisotopic (exact) mass is 1350 g/mol. The Morgan fingerprint density at radius 2 is 0.874 bits per heavy atom. The molecule has 0 radical (unpaired) electrons. The standard InChI is InChI=1S/C60H99N15O20/c1-8-32(6)49(60(95)70-39(20-22-46(81)82)54(89)67-37(14-10-12-24-62)53(88)73-41(51(86)65-28-47(83)84)26-34-15-17-35(77)18-16-34)75-57(92)40(25-30(2)3)72-55(90)38(19-21-45(79)80)69-56(91)42(27-44(63)78)71-50(85)33(7)66-52(87)36(13-9-11-23-61)68-58(93)43(29-76)74-59(94)48(64)31(4)5/h15-18,30-33,36-43,48-49,76-77H,8-14,19-29,61-62,64H2,1-7H3,(H2,63,78)(H,65,86)(H,66,87)(H,67,89)(H,68,93)(H,69,91)(H,70,95)(H,71,85)(H,72,90)(H,73,88)(H,74,94)(H,75,92)(H,79,80)(H,81,82)(H,83,84)/t32-,33-,36-,37-,38-,39-,40-,41-,42-,43-,48-,49-/m0/s1. The Kier molecular flexibility index (Phi) is 38.6. The molecule has 0 heterocycles. The van der Waals surface area contributed by atoms with Crippen molar-refractivity contribution >= 4 is 88.8 Å². The second-order valence-electron chi connectivity index (χ2n) is 23.8. The van der Waals surface area contributed by atoms with Crippen LogP contribution in [-0.2, 0) is 78.3 Å². The molecule has 0 saturated heterocycles. The minimum Gasteiger partial charge on any atom is -0.508 e. The Morgan fingerprint density at radius 1 is 0.463 bits per heavy atom. The number of phenolic OH excluding ortho intramolecular Hbond substituents is 1. The molecule has 0 aliphatic rings. The number of unbranched alkanes of at least 4 members (excludes halogenated alkanes) is 2. The fraction of sp³-hybridized carbons (Fsp3) is 0.650. The number of rotatable bonds is 47. The van der Waals surface area contributed by atoms with Crippen LogP contribution in [0, 0.1) is 17.8 Å². The number of aliphatic hydroxyl groups excluding tert-OH is 1. The van der Waals surface area contributed by atoms with Gasteiger partial charge in [0.25, 0.3) is 0 Å². The van der Waals surface area contributed by atoms with Crippen molar-refractivity contribution in [3.8, 4) is 5.75 Å². The maximum atomic E-state index is 14.4. The molecule has 35 nitrogen and oxygen atoms in total. The van der Waals surface area contributed by atoms with E-state index in [4.69, 9.17) is 22.9 Å². The lowest BCUT2D eigenvalue weighted by Crippen LogP contribution is -2.61. The van der Waals surface area contributed by atoms with Crippen molar-refractivity contribution in [1.82, 2.24) is 58.5 Å². The Balaban J connectivity index is 3.57. The Hall–Kier alpha value is -9.09. The summed E-state index contributed by atoms with van der Waals surface area (Å²) in [6, 6.07) is -11.4. The van der Waals surface area contributed by atoms with E-state index in [1.807, 2.05) is 0 Å². The molecule has 95 heavy (non-hydrogen) atoms. The molecule has 0 unspecified atom stereocenters.